The second-order valence-corrected chi connectivity index (χ2v) is 11.0. The van der Waals surface area contributed by atoms with Gasteiger partial charge >= 0.3 is 0 Å². The van der Waals surface area contributed by atoms with Gasteiger partial charge in [0.15, 0.2) is 0 Å². The van der Waals surface area contributed by atoms with E-state index in [9.17, 15) is 11.0 Å². The Morgan fingerprint density at radius 1 is 0.372 bits per heavy atom. The van der Waals surface area contributed by atoms with Crippen molar-refractivity contribution in [2.45, 2.75) is 0 Å². The topological polar surface area (TPSA) is 9.23 Å². The van der Waals surface area contributed by atoms with E-state index < -0.39 is 0 Å². The molecular weight excluding hydrogens is 520 g/mol. The molecule has 0 N–H and O–H groups in total. The monoisotopic (exact) mass is 552 g/mol. The highest BCUT2D eigenvalue weighted by atomic mass is 16.5. The van der Waals surface area contributed by atoms with Crippen molar-refractivity contribution >= 4 is 53.9 Å². The molecule has 0 amide bonds. The van der Waals surface area contributed by atoms with E-state index in [2.05, 4.69) is 0 Å². The van der Waals surface area contributed by atoms with Crippen LogP contribution in [0, 0.1) is 0 Å². The average molecular weight is 553 g/mol. The van der Waals surface area contributed by atoms with Gasteiger partial charge in [-0.3, -0.25) is 0 Å². The Kier molecular flexibility index (Phi) is 3.28. The third kappa shape index (κ3) is 3.17. The van der Waals surface area contributed by atoms with Gasteiger partial charge in [-0.2, -0.15) is 0 Å². The van der Waals surface area contributed by atoms with E-state index in [0.29, 0.717) is 27.8 Å². The van der Waals surface area contributed by atoms with Crippen molar-refractivity contribution in [2.24, 2.45) is 0 Å². The number of rotatable bonds is 2. The number of benzene rings is 9. The summed E-state index contributed by atoms with van der Waals surface area (Å²) < 4.78 is 80.6. The molecule has 198 valence electrons. The molecule has 0 saturated heterocycles. The highest BCUT2D eigenvalue weighted by Crippen LogP contribution is 2.49. The summed E-state index contributed by atoms with van der Waals surface area (Å²) in [5, 5.41) is 4.75. The van der Waals surface area contributed by atoms with Crippen molar-refractivity contribution in [3.8, 4) is 44.9 Å². The second kappa shape index (κ2) is 8.44. The van der Waals surface area contributed by atoms with Gasteiger partial charge in [-0.25, -0.2) is 0 Å². The molecule has 0 aromatic heterocycles. The normalized spacial score (nSPS) is 15.0. The van der Waals surface area contributed by atoms with Crippen LogP contribution in [0.5, 0.6) is 11.5 Å². The molecule has 0 atom stereocenters. The maximum atomic E-state index is 9.38. The Hall–Kier alpha value is -5.66. The van der Waals surface area contributed by atoms with Crippen LogP contribution in [-0.2, 0) is 0 Å². The van der Waals surface area contributed by atoms with Crippen LogP contribution in [-0.4, -0.2) is 0 Å². The highest BCUT2D eigenvalue weighted by Gasteiger charge is 2.21. The molecule has 9 aromatic carbocycles. The summed E-state index contributed by atoms with van der Waals surface area (Å²) in [6.07, 6.45) is 0. The molecule has 1 heteroatoms. The van der Waals surface area contributed by atoms with Crippen LogP contribution < -0.4 is 4.74 Å². The lowest BCUT2D eigenvalue weighted by molar-refractivity contribution is 0.487. The van der Waals surface area contributed by atoms with Gasteiger partial charge in [0.05, 0.1) is 11.0 Å². The molecule has 0 saturated carbocycles. The molecule has 0 aliphatic carbocycles. The van der Waals surface area contributed by atoms with E-state index >= 15 is 0 Å². The molecule has 0 bridgehead atoms. The molecule has 1 aliphatic heterocycles. The van der Waals surface area contributed by atoms with Gasteiger partial charge in [0.1, 0.15) is 11.5 Å². The SMILES string of the molecule is [2H]c1c([2H])c2c([2H])c([2H])c3c(-c4cccc5ccccc45)c([2H])c([2H])c4c([2H])c([2H])c(c1-c1ccc5c(c1)-c1cccc6cccc(c16)O5)c2c43. The van der Waals surface area contributed by atoms with Crippen molar-refractivity contribution in [3.05, 3.63) is 145 Å². The van der Waals surface area contributed by atoms with E-state index in [1.807, 2.05) is 91.0 Å². The average Bonchev–Trinajstić information content (AvgIpc) is 3.14. The summed E-state index contributed by atoms with van der Waals surface area (Å²) in [6, 6.07) is 28.6. The van der Waals surface area contributed by atoms with Gasteiger partial charge in [-0.15, -0.1) is 0 Å². The quantitative estimate of drug-likeness (QED) is 0.194. The molecule has 1 heterocycles. The summed E-state index contributed by atoms with van der Waals surface area (Å²) >= 11 is 0. The minimum Gasteiger partial charge on any atom is -0.456 e. The first kappa shape index (κ1) is 16.7. The molecular formula is C42H24O. The molecule has 9 aromatic rings. The second-order valence-electron chi connectivity index (χ2n) is 11.0. The van der Waals surface area contributed by atoms with Crippen LogP contribution in [0.15, 0.2) is 145 Å². The fourth-order valence-electron chi connectivity index (χ4n) is 6.77. The lowest BCUT2D eigenvalue weighted by Crippen LogP contribution is -1.97. The van der Waals surface area contributed by atoms with E-state index in [0.717, 1.165) is 38.4 Å². The molecule has 0 radical (unpaired) electrons. The molecule has 10 rings (SSSR count). The Labute approximate surface area is 259 Å². The van der Waals surface area contributed by atoms with Crippen LogP contribution in [0.4, 0.5) is 0 Å². The predicted octanol–water partition coefficient (Wildman–Crippen LogP) is 12.0. The van der Waals surface area contributed by atoms with Crippen molar-refractivity contribution in [3.63, 3.8) is 0 Å². The molecule has 1 nitrogen and oxygen atoms in total. The lowest BCUT2D eigenvalue weighted by Gasteiger charge is -2.22. The zero-order chi connectivity index (χ0) is 35.0. The lowest BCUT2D eigenvalue weighted by atomic mass is 9.86. The van der Waals surface area contributed by atoms with Crippen LogP contribution in [0.2, 0.25) is 0 Å². The van der Waals surface area contributed by atoms with E-state index in [1.165, 1.54) is 0 Å². The van der Waals surface area contributed by atoms with Gasteiger partial charge in [0.25, 0.3) is 0 Å². The summed E-state index contributed by atoms with van der Waals surface area (Å²) in [4.78, 5) is 0. The number of ether oxygens (including phenoxy) is 1. The Morgan fingerprint density at radius 3 is 1.86 bits per heavy atom. The highest BCUT2D eigenvalue weighted by molar-refractivity contribution is 6.28. The Balaban J connectivity index is 1.38. The van der Waals surface area contributed by atoms with E-state index in [-0.39, 0.29) is 80.8 Å². The fraction of sp³-hybridized carbons (Fsp3) is 0. The minimum atomic E-state index is -0.299. The van der Waals surface area contributed by atoms with Gasteiger partial charge in [-0.05, 0) is 94.5 Å². The van der Waals surface area contributed by atoms with Gasteiger partial charge in [0.2, 0.25) is 0 Å². The smallest absolute Gasteiger partial charge is 0.135 e. The zero-order valence-corrected chi connectivity index (χ0v) is 22.6. The first-order chi connectivity index (χ1) is 24.7. The third-order valence-corrected chi connectivity index (χ3v) is 8.70. The number of fused-ring (bicyclic) bond motifs is 3. The van der Waals surface area contributed by atoms with Gasteiger partial charge < -0.3 is 4.74 Å². The Bertz CT molecular complexity index is 3030. The number of hydrogen-bond acceptors (Lipinski definition) is 1. The van der Waals surface area contributed by atoms with Gasteiger partial charge in [-0.1, -0.05) is 127 Å². The van der Waals surface area contributed by atoms with Crippen molar-refractivity contribution in [1.29, 1.82) is 0 Å². The standard InChI is InChI=1S/C42H24O/c1-2-10-30-25(6-1)7-3-11-32(30)33-20-15-28-16-21-35-31(19-14-27-17-22-36(33)42(28)41(27)35)29-18-23-38-37(24-29)34-12-4-8-26-9-5-13-39(43-38)40(26)34/h1-24H/i14D,15D,16D,17D,19D,20D,21D,22D. The molecule has 1 aliphatic rings. The Morgan fingerprint density at radius 2 is 1.02 bits per heavy atom. The minimum absolute atomic E-state index is 0.0238. The van der Waals surface area contributed by atoms with Crippen molar-refractivity contribution in [1.82, 2.24) is 0 Å². The molecule has 0 unspecified atom stereocenters. The van der Waals surface area contributed by atoms with Crippen LogP contribution in [0.3, 0.4) is 0 Å². The molecule has 43 heavy (non-hydrogen) atoms. The van der Waals surface area contributed by atoms with E-state index in [4.69, 9.17) is 4.74 Å². The number of hydrogen-bond donors (Lipinski definition) is 0. The largest absolute Gasteiger partial charge is 0.456 e. The fourth-order valence-corrected chi connectivity index (χ4v) is 6.77. The van der Waals surface area contributed by atoms with Gasteiger partial charge in [0, 0.05) is 10.9 Å². The zero-order valence-electron chi connectivity index (χ0n) is 30.6. The summed E-state index contributed by atoms with van der Waals surface area (Å²) in [7, 11) is 0. The van der Waals surface area contributed by atoms with Crippen LogP contribution in [0.1, 0.15) is 11.0 Å². The molecule has 0 spiro atoms. The maximum Gasteiger partial charge on any atom is 0.135 e. The summed E-state index contributed by atoms with van der Waals surface area (Å²) in [6.45, 7) is 0. The van der Waals surface area contributed by atoms with E-state index in [1.54, 1.807) is 6.07 Å². The van der Waals surface area contributed by atoms with Crippen LogP contribution in [0.25, 0.3) is 87.2 Å². The van der Waals surface area contributed by atoms with Crippen molar-refractivity contribution in [2.75, 3.05) is 0 Å². The first-order valence-electron chi connectivity index (χ1n) is 18.2. The summed E-state index contributed by atoms with van der Waals surface area (Å²) in [5.41, 5.74) is 3.44. The van der Waals surface area contributed by atoms with Crippen molar-refractivity contribution < 1.29 is 15.7 Å². The molecule has 0 fully saturated rings. The predicted molar refractivity (Wildman–Crippen MR) is 182 cm³/mol. The maximum absolute atomic E-state index is 9.38. The summed E-state index contributed by atoms with van der Waals surface area (Å²) in [5.74, 6) is 1.37. The third-order valence-electron chi connectivity index (χ3n) is 8.70. The van der Waals surface area contributed by atoms with Crippen LogP contribution >= 0.6 is 0 Å². The first-order valence-corrected chi connectivity index (χ1v) is 14.2.